The van der Waals surface area contributed by atoms with Gasteiger partial charge in [-0.2, -0.15) is 5.10 Å². The van der Waals surface area contributed by atoms with Crippen LogP contribution >= 0.6 is 0 Å². The maximum atomic E-state index is 10.3. The van der Waals surface area contributed by atoms with Gasteiger partial charge in [-0.15, -0.1) is 0 Å². The standard InChI is InChI=1S/C19H23N5O2/c25-17(14-26-13-15-4-2-1-3-5-15)12-23-8-7-21-19(23)18-10-16-11-20-6-9-24(16)22-18/h1-5,7-8,10,17,20,25H,6,9,11-14H2/t17-/m1/s1. The largest absolute Gasteiger partial charge is 0.389 e. The average molecular weight is 353 g/mol. The fourth-order valence-electron chi connectivity index (χ4n) is 3.16. The minimum atomic E-state index is -0.606. The van der Waals surface area contributed by atoms with E-state index >= 15 is 0 Å². The van der Waals surface area contributed by atoms with Gasteiger partial charge in [-0.3, -0.25) is 4.68 Å². The molecule has 0 aliphatic carbocycles. The molecule has 2 aromatic heterocycles. The van der Waals surface area contributed by atoms with Gasteiger partial charge in [0.1, 0.15) is 5.69 Å². The van der Waals surface area contributed by atoms with Gasteiger partial charge >= 0.3 is 0 Å². The predicted octanol–water partition coefficient (Wildman–Crippen LogP) is 1.43. The van der Waals surface area contributed by atoms with Gasteiger partial charge in [-0.1, -0.05) is 30.3 Å². The number of hydrogen-bond acceptors (Lipinski definition) is 5. The van der Waals surface area contributed by atoms with E-state index in [4.69, 9.17) is 4.74 Å². The van der Waals surface area contributed by atoms with Crippen LogP contribution in [0.25, 0.3) is 11.5 Å². The molecule has 4 rings (SSSR count). The fourth-order valence-corrected chi connectivity index (χ4v) is 3.16. The second-order valence-electron chi connectivity index (χ2n) is 6.48. The molecule has 2 N–H and O–H groups in total. The summed E-state index contributed by atoms with van der Waals surface area (Å²) in [6.07, 6.45) is 3.00. The summed E-state index contributed by atoms with van der Waals surface area (Å²) in [7, 11) is 0. The lowest BCUT2D eigenvalue weighted by molar-refractivity contribution is 0.0205. The summed E-state index contributed by atoms with van der Waals surface area (Å²) in [5, 5.41) is 18.3. The average Bonchev–Trinajstić information content (AvgIpc) is 3.28. The molecule has 0 saturated carbocycles. The Balaban J connectivity index is 1.37. The van der Waals surface area contributed by atoms with E-state index in [1.165, 1.54) is 0 Å². The molecule has 3 heterocycles. The van der Waals surface area contributed by atoms with E-state index in [0.717, 1.165) is 42.4 Å². The molecule has 3 aromatic rings. The van der Waals surface area contributed by atoms with E-state index in [-0.39, 0.29) is 6.61 Å². The van der Waals surface area contributed by atoms with Crippen molar-refractivity contribution in [1.82, 2.24) is 24.6 Å². The summed E-state index contributed by atoms with van der Waals surface area (Å²) < 4.78 is 9.58. The maximum absolute atomic E-state index is 10.3. The number of hydrogen-bond donors (Lipinski definition) is 2. The van der Waals surface area contributed by atoms with Crippen LogP contribution in [0.15, 0.2) is 48.8 Å². The zero-order valence-electron chi connectivity index (χ0n) is 14.6. The zero-order chi connectivity index (χ0) is 17.8. The fraction of sp³-hybridized carbons (Fsp3) is 0.368. The van der Waals surface area contributed by atoms with Crippen LogP contribution < -0.4 is 5.32 Å². The number of aliphatic hydroxyl groups excluding tert-OH is 1. The van der Waals surface area contributed by atoms with Crippen molar-refractivity contribution in [3.05, 3.63) is 60.0 Å². The van der Waals surface area contributed by atoms with Crippen LogP contribution in [0.2, 0.25) is 0 Å². The van der Waals surface area contributed by atoms with Crippen LogP contribution in [0.1, 0.15) is 11.3 Å². The summed E-state index contributed by atoms with van der Waals surface area (Å²) in [6.45, 7) is 3.81. The molecule has 1 aromatic carbocycles. The SMILES string of the molecule is O[C@@H](COCc1ccccc1)Cn1ccnc1-c1cc2n(n1)CCNC2. The first-order valence-electron chi connectivity index (χ1n) is 8.88. The number of benzene rings is 1. The Morgan fingerprint density at radius 3 is 3.00 bits per heavy atom. The van der Waals surface area contributed by atoms with E-state index < -0.39 is 6.10 Å². The van der Waals surface area contributed by atoms with Crippen LogP contribution in [0.5, 0.6) is 0 Å². The summed E-state index contributed by atoms with van der Waals surface area (Å²) in [6, 6.07) is 12.0. The first-order valence-corrected chi connectivity index (χ1v) is 8.88. The van der Waals surface area contributed by atoms with Gasteiger partial charge in [0, 0.05) is 25.5 Å². The van der Waals surface area contributed by atoms with E-state index in [1.807, 2.05) is 45.8 Å². The summed E-state index contributed by atoms with van der Waals surface area (Å²) >= 11 is 0. The van der Waals surface area contributed by atoms with Gasteiger partial charge in [0.2, 0.25) is 0 Å². The van der Waals surface area contributed by atoms with E-state index in [0.29, 0.717) is 13.2 Å². The molecule has 0 spiro atoms. The summed E-state index contributed by atoms with van der Waals surface area (Å²) in [5.74, 6) is 0.772. The van der Waals surface area contributed by atoms with E-state index in [2.05, 4.69) is 21.5 Å². The quantitative estimate of drug-likeness (QED) is 0.672. The highest BCUT2D eigenvalue weighted by Gasteiger charge is 2.17. The Kier molecular flexibility index (Phi) is 5.10. The molecule has 0 amide bonds. The van der Waals surface area contributed by atoms with Crippen molar-refractivity contribution in [2.75, 3.05) is 13.2 Å². The minimum Gasteiger partial charge on any atom is -0.389 e. The highest BCUT2D eigenvalue weighted by atomic mass is 16.5. The van der Waals surface area contributed by atoms with Crippen molar-refractivity contribution in [3.63, 3.8) is 0 Å². The number of aliphatic hydroxyl groups is 1. The molecule has 0 saturated heterocycles. The number of aromatic nitrogens is 4. The predicted molar refractivity (Wildman–Crippen MR) is 97.3 cm³/mol. The van der Waals surface area contributed by atoms with Crippen molar-refractivity contribution in [2.24, 2.45) is 0 Å². The number of ether oxygens (including phenoxy) is 1. The van der Waals surface area contributed by atoms with E-state index in [9.17, 15) is 5.11 Å². The molecular formula is C19H23N5O2. The molecule has 7 nitrogen and oxygen atoms in total. The van der Waals surface area contributed by atoms with Crippen molar-refractivity contribution in [2.45, 2.75) is 32.3 Å². The molecule has 0 bridgehead atoms. The van der Waals surface area contributed by atoms with Crippen LogP contribution in [-0.2, 0) is 31.0 Å². The molecule has 26 heavy (non-hydrogen) atoms. The molecule has 136 valence electrons. The topological polar surface area (TPSA) is 77.1 Å². The van der Waals surface area contributed by atoms with Gasteiger partial charge in [0.15, 0.2) is 5.82 Å². The lowest BCUT2D eigenvalue weighted by Crippen LogP contribution is -2.28. The van der Waals surface area contributed by atoms with Gasteiger partial charge in [-0.25, -0.2) is 4.98 Å². The molecule has 1 atom stereocenters. The Hall–Kier alpha value is -2.48. The van der Waals surface area contributed by atoms with Crippen molar-refractivity contribution in [1.29, 1.82) is 0 Å². The third-order valence-corrected chi connectivity index (χ3v) is 4.44. The van der Waals surface area contributed by atoms with Crippen LogP contribution in [-0.4, -0.2) is 43.7 Å². The van der Waals surface area contributed by atoms with Gasteiger partial charge < -0.3 is 19.7 Å². The second kappa shape index (κ2) is 7.82. The number of rotatable bonds is 7. The Bertz CT molecular complexity index is 819. The van der Waals surface area contributed by atoms with Crippen molar-refractivity contribution in [3.8, 4) is 11.5 Å². The third-order valence-electron chi connectivity index (χ3n) is 4.44. The Morgan fingerprint density at radius 2 is 2.15 bits per heavy atom. The Morgan fingerprint density at radius 1 is 1.27 bits per heavy atom. The third kappa shape index (κ3) is 3.85. The van der Waals surface area contributed by atoms with Gasteiger partial charge in [-0.05, 0) is 11.6 Å². The molecule has 0 fully saturated rings. The van der Waals surface area contributed by atoms with Crippen LogP contribution in [0.4, 0.5) is 0 Å². The zero-order valence-corrected chi connectivity index (χ0v) is 14.6. The number of imidazole rings is 1. The highest BCUT2D eigenvalue weighted by molar-refractivity contribution is 5.50. The van der Waals surface area contributed by atoms with Crippen LogP contribution in [0, 0.1) is 0 Å². The highest BCUT2D eigenvalue weighted by Crippen LogP contribution is 2.19. The second-order valence-corrected chi connectivity index (χ2v) is 6.48. The minimum absolute atomic E-state index is 0.274. The smallest absolute Gasteiger partial charge is 0.160 e. The molecule has 0 radical (unpaired) electrons. The lowest BCUT2D eigenvalue weighted by atomic mass is 10.2. The molecule has 1 aliphatic heterocycles. The number of nitrogens with zero attached hydrogens (tertiary/aromatic N) is 4. The maximum Gasteiger partial charge on any atom is 0.160 e. The number of fused-ring (bicyclic) bond motifs is 1. The molecule has 1 aliphatic rings. The normalized spacial score (nSPS) is 15.0. The van der Waals surface area contributed by atoms with Crippen LogP contribution in [0.3, 0.4) is 0 Å². The molecule has 7 heteroatoms. The van der Waals surface area contributed by atoms with E-state index in [1.54, 1.807) is 6.20 Å². The molecule has 0 unspecified atom stereocenters. The molecular weight excluding hydrogens is 330 g/mol. The lowest BCUT2D eigenvalue weighted by Gasteiger charge is -2.14. The van der Waals surface area contributed by atoms with Crippen molar-refractivity contribution >= 4 is 0 Å². The van der Waals surface area contributed by atoms with Gasteiger partial charge in [0.25, 0.3) is 0 Å². The number of nitrogens with one attached hydrogen (secondary N) is 1. The Labute approximate surface area is 152 Å². The first-order chi connectivity index (χ1) is 12.8. The van der Waals surface area contributed by atoms with Crippen molar-refractivity contribution < 1.29 is 9.84 Å². The summed E-state index contributed by atoms with van der Waals surface area (Å²) in [5.41, 5.74) is 3.10. The van der Waals surface area contributed by atoms with Gasteiger partial charge in [0.05, 0.1) is 38.1 Å². The monoisotopic (exact) mass is 353 g/mol. The first kappa shape index (κ1) is 17.0. The summed E-state index contributed by atoms with van der Waals surface area (Å²) in [4.78, 5) is 4.43.